The third-order valence-electron chi connectivity index (χ3n) is 4.83. The molecule has 0 N–H and O–H groups in total. The lowest BCUT2D eigenvalue weighted by Gasteiger charge is -2.33. The minimum absolute atomic E-state index is 0.102. The van der Waals surface area contributed by atoms with E-state index in [0.29, 0.717) is 5.92 Å². The van der Waals surface area contributed by atoms with Crippen molar-refractivity contribution in [3.05, 3.63) is 52.0 Å². The predicted molar refractivity (Wildman–Crippen MR) is 91.9 cm³/mol. The third-order valence-corrected chi connectivity index (χ3v) is 4.83. The molecule has 3 rings (SSSR count). The Morgan fingerprint density at radius 2 is 1.91 bits per heavy atom. The van der Waals surface area contributed by atoms with Gasteiger partial charge in [0.15, 0.2) is 0 Å². The van der Waals surface area contributed by atoms with E-state index in [1.165, 1.54) is 5.69 Å². The van der Waals surface area contributed by atoms with E-state index in [1.54, 1.807) is 10.9 Å². The monoisotopic (exact) mass is 312 g/mol. The van der Waals surface area contributed by atoms with Crippen LogP contribution >= 0.6 is 0 Å². The summed E-state index contributed by atoms with van der Waals surface area (Å²) >= 11 is 0. The molecule has 0 aromatic carbocycles. The molecule has 3 heterocycles. The molecule has 0 unspecified atom stereocenters. The Kier molecular flexibility index (Phi) is 4.46. The van der Waals surface area contributed by atoms with E-state index in [2.05, 4.69) is 27.0 Å². The molecule has 0 spiro atoms. The Balaban J connectivity index is 1.64. The lowest BCUT2D eigenvalue weighted by Crippen LogP contribution is -2.36. The maximum atomic E-state index is 12.3. The molecular weight excluding hydrogens is 288 g/mol. The summed E-state index contributed by atoms with van der Waals surface area (Å²) in [6.07, 6.45) is 5.77. The van der Waals surface area contributed by atoms with Crippen LogP contribution in [0.15, 0.2) is 29.5 Å². The quantitative estimate of drug-likeness (QED) is 0.874. The van der Waals surface area contributed by atoms with Crippen LogP contribution in [0.1, 0.15) is 29.8 Å². The molecule has 1 aliphatic rings. The van der Waals surface area contributed by atoms with Crippen LogP contribution < -0.4 is 10.5 Å². The number of nitrogens with zero attached hydrogens (tertiary/aromatic N) is 4. The topological polar surface area (TPSA) is 51.0 Å². The van der Waals surface area contributed by atoms with E-state index >= 15 is 0 Å². The van der Waals surface area contributed by atoms with Crippen molar-refractivity contribution in [1.29, 1.82) is 0 Å². The van der Waals surface area contributed by atoms with Crippen molar-refractivity contribution < 1.29 is 0 Å². The maximum Gasteiger partial charge on any atom is 0.256 e. The number of aryl methyl sites for hydroxylation is 2. The van der Waals surface area contributed by atoms with Gasteiger partial charge >= 0.3 is 0 Å². The standard InChI is InChI=1S/C18H24N4O/c1-13-10-17(4-7-19-13)21-8-5-16(6-9-21)11-22-12-20-15(3)14(2)18(22)23/h4,7,10,12,16H,5-6,8-9,11H2,1-3H3. The number of rotatable bonds is 3. The van der Waals surface area contributed by atoms with E-state index in [-0.39, 0.29) is 5.56 Å². The number of pyridine rings is 1. The number of hydrogen-bond donors (Lipinski definition) is 0. The Hall–Kier alpha value is -2.17. The first kappa shape index (κ1) is 15.7. The molecule has 0 aliphatic carbocycles. The van der Waals surface area contributed by atoms with Crippen LogP contribution in [-0.4, -0.2) is 27.6 Å². The zero-order chi connectivity index (χ0) is 16.4. The van der Waals surface area contributed by atoms with Crippen LogP contribution in [0.25, 0.3) is 0 Å². The van der Waals surface area contributed by atoms with Crippen molar-refractivity contribution in [1.82, 2.24) is 14.5 Å². The van der Waals surface area contributed by atoms with E-state index in [0.717, 1.165) is 49.4 Å². The Bertz CT molecular complexity index is 745. The fraction of sp³-hybridized carbons (Fsp3) is 0.500. The summed E-state index contributed by atoms with van der Waals surface area (Å²) in [5.41, 5.74) is 3.99. The second-order valence-corrected chi connectivity index (χ2v) is 6.50. The van der Waals surface area contributed by atoms with Crippen molar-refractivity contribution >= 4 is 5.69 Å². The molecule has 1 aliphatic heterocycles. The highest BCUT2D eigenvalue weighted by molar-refractivity contribution is 5.46. The van der Waals surface area contributed by atoms with Gasteiger partial charge in [0.1, 0.15) is 0 Å². The molecule has 5 heteroatoms. The van der Waals surface area contributed by atoms with E-state index in [9.17, 15) is 4.79 Å². The summed E-state index contributed by atoms with van der Waals surface area (Å²) in [5, 5.41) is 0. The second kappa shape index (κ2) is 6.52. The second-order valence-electron chi connectivity index (χ2n) is 6.50. The molecule has 0 radical (unpaired) electrons. The highest BCUT2D eigenvalue weighted by Crippen LogP contribution is 2.24. The smallest absolute Gasteiger partial charge is 0.256 e. The van der Waals surface area contributed by atoms with Gasteiger partial charge in [-0.2, -0.15) is 0 Å². The minimum Gasteiger partial charge on any atom is -0.371 e. The molecule has 2 aromatic heterocycles. The minimum atomic E-state index is 0.102. The zero-order valence-electron chi connectivity index (χ0n) is 14.1. The predicted octanol–water partition coefficient (Wildman–Crippen LogP) is 2.48. The Morgan fingerprint density at radius 1 is 1.17 bits per heavy atom. The van der Waals surface area contributed by atoms with Crippen LogP contribution in [0.2, 0.25) is 0 Å². The normalized spacial score (nSPS) is 15.9. The van der Waals surface area contributed by atoms with Gasteiger partial charge in [-0.25, -0.2) is 4.98 Å². The van der Waals surface area contributed by atoms with Gasteiger partial charge in [0.2, 0.25) is 0 Å². The van der Waals surface area contributed by atoms with E-state index < -0.39 is 0 Å². The number of piperidine rings is 1. The maximum absolute atomic E-state index is 12.3. The van der Waals surface area contributed by atoms with Gasteiger partial charge in [0.25, 0.3) is 5.56 Å². The third kappa shape index (κ3) is 3.44. The Labute approximate surface area is 137 Å². The first-order valence-corrected chi connectivity index (χ1v) is 8.25. The molecule has 0 atom stereocenters. The molecule has 122 valence electrons. The highest BCUT2D eigenvalue weighted by Gasteiger charge is 2.20. The van der Waals surface area contributed by atoms with Crippen LogP contribution in [0.4, 0.5) is 5.69 Å². The van der Waals surface area contributed by atoms with Crippen molar-refractivity contribution in [2.75, 3.05) is 18.0 Å². The van der Waals surface area contributed by atoms with Gasteiger partial charge in [-0.15, -0.1) is 0 Å². The first-order valence-electron chi connectivity index (χ1n) is 8.25. The van der Waals surface area contributed by atoms with Crippen molar-refractivity contribution in [3.63, 3.8) is 0 Å². The first-order chi connectivity index (χ1) is 11.0. The molecule has 23 heavy (non-hydrogen) atoms. The Morgan fingerprint density at radius 3 is 2.61 bits per heavy atom. The fourth-order valence-electron chi connectivity index (χ4n) is 3.18. The summed E-state index contributed by atoms with van der Waals surface area (Å²) in [7, 11) is 0. The zero-order valence-corrected chi connectivity index (χ0v) is 14.1. The van der Waals surface area contributed by atoms with Crippen molar-refractivity contribution in [2.24, 2.45) is 5.92 Å². The lowest BCUT2D eigenvalue weighted by molar-refractivity contribution is 0.350. The molecule has 1 fully saturated rings. The van der Waals surface area contributed by atoms with Crippen LogP contribution in [-0.2, 0) is 6.54 Å². The van der Waals surface area contributed by atoms with Crippen molar-refractivity contribution in [3.8, 4) is 0 Å². The van der Waals surface area contributed by atoms with E-state index in [4.69, 9.17) is 0 Å². The van der Waals surface area contributed by atoms with Gasteiger partial charge in [-0.05, 0) is 51.7 Å². The average Bonchev–Trinajstić information content (AvgIpc) is 2.56. The summed E-state index contributed by atoms with van der Waals surface area (Å²) in [5.74, 6) is 0.538. The van der Waals surface area contributed by atoms with Gasteiger partial charge in [0.05, 0.1) is 6.33 Å². The molecule has 2 aromatic rings. The van der Waals surface area contributed by atoms with Gasteiger partial charge in [0, 0.05) is 48.5 Å². The lowest BCUT2D eigenvalue weighted by atomic mass is 9.96. The molecule has 1 saturated heterocycles. The SMILES string of the molecule is Cc1cc(N2CCC(Cn3cnc(C)c(C)c3=O)CC2)ccn1. The van der Waals surface area contributed by atoms with Gasteiger partial charge in [-0.3, -0.25) is 14.3 Å². The van der Waals surface area contributed by atoms with Gasteiger partial charge in [-0.1, -0.05) is 0 Å². The largest absolute Gasteiger partial charge is 0.371 e. The van der Waals surface area contributed by atoms with Crippen LogP contribution in [0.5, 0.6) is 0 Å². The van der Waals surface area contributed by atoms with E-state index in [1.807, 2.05) is 27.0 Å². The molecule has 5 nitrogen and oxygen atoms in total. The molecule has 0 saturated carbocycles. The van der Waals surface area contributed by atoms with Gasteiger partial charge < -0.3 is 4.90 Å². The number of hydrogen-bond acceptors (Lipinski definition) is 4. The molecular formula is C18H24N4O. The number of anilines is 1. The average molecular weight is 312 g/mol. The van der Waals surface area contributed by atoms with Crippen LogP contribution in [0, 0.1) is 26.7 Å². The summed E-state index contributed by atoms with van der Waals surface area (Å²) < 4.78 is 1.78. The van der Waals surface area contributed by atoms with Crippen LogP contribution in [0.3, 0.4) is 0 Å². The summed E-state index contributed by atoms with van der Waals surface area (Å²) in [6, 6.07) is 4.21. The summed E-state index contributed by atoms with van der Waals surface area (Å²) in [6.45, 7) is 8.60. The highest BCUT2D eigenvalue weighted by atomic mass is 16.1. The molecule has 0 amide bonds. The van der Waals surface area contributed by atoms with Crippen molar-refractivity contribution in [2.45, 2.75) is 40.2 Å². The number of aromatic nitrogens is 3. The molecule has 0 bridgehead atoms. The summed E-state index contributed by atoms with van der Waals surface area (Å²) in [4.78, 5) is 23.3. The fourth-order valence-corrected chi connectivity index (χ4v) is 3.18.